The first-order chi connectivity index (χ1) is 28.1. The molecule has 0 atom stereocenters. The van der Waals surface area contributed by atoms with Crippen LogP contribution >= 0.6 is 0 Å². The number of benzene rings is 4. The average molecular weight is 801 g/mol. The van der Waals surface area contributed by atoms with Gasteiger partial charge in [-0.25, -0.2) is 24.0 Å². The topological polar surface area (TPSA) is 141 Å². The van der Waals surface area contributed by atoms with Crippen LogP contribution in [-0.4, -0.2) is 49.7 Å². The van der Waals surface area contributed by atoms with Gasteiger partial charge >= 0.3 is 29.8 Å². The Kier molecular flexibility index (Phi) is 15.9. The van der Waals surface area contributed by atoms with Crippen LogP contribution < -0.4 is 18.9 Å². The molecular weight excluding hydrogens is 753 g/mol. The largest absolute Gasteiger partial charge is 0.494 e. The van der Waals surface area contributed by atoms with Crippen LogP contribution in [-0.2, 0) is 28.7 Å². The third-order valence-electron chi connectivity index (χ3n) is 9.09. The van der Waals surface area contributed by atoms with Crippen molar-refractivity contribution in [2.75, 3.05) is 19.8 Å². The predicted octanol–water partition coefficient (Wildman–Crippen LogP) is 9.39. The normalized spacial score (nSPS) is 10.9. The third-order valence-corrected chi connectivity index (χ3v) is 9.09. The van der Waals surface area contributed by atoms with Crippen molar-refractivity contribution in [1.82, 2.24) is 0 Å². The van der Waals surface area contributed by atoms with E-state index in [1.54, 1.807) is 39.0 Å². The molecule has 0 aromatic heterocycles. The molecule has 306 valence electrons. The molecular formula is C48H48O11. The molecule has 0 aliphatic heterocycles. The van der Waals surface area contributed by atoms with Crippen LogP contribution in [0, 0.1) is 12.3 Å². The van der Waals surface area contributed by atoms with Crippen molar-refractivity contribution in [1.29, 1.82) is 0 Å². The maximum absolute atomic E-state index is 12.7. The minimum Gasteiger partial charge on any atom is -0.494 e. The van der Waals surface area contributed by atoms with Crippen LogP contribution in [0.25, 0.3) is 17.2 Å². The van der Waals surface area contributed by atoms with Crippen molar-refractivity contribution in [3.63, 3.8) is 0 Å². The second-order valence-electron chi connectivity index (χ2n) is 14.1. The number of carbonyl (C=O) groups is 5. The van der Waals surface area contributed by atoms with Gasteiger partial charge in [0.25, 0.3) is 0 Å². The molecule has 0 amide bonds. The smallest absolute Gasteiger partial charge is 0.343 e. The van der Waals surface area contributed by atoms with Crippen LogP contribution in [0.4, 0.5) is 0 Å². The molecule has 59 heavy (non-hydrogen) atoms. The number of rotatable bonds is 19. The Morgan fingerprint density at radius 3 is 1.68 bits per heavy atom. The van der Waals surface area contributed by atoms with E-state index in [0.717, 1.165) is 16.7 Å². The summed E-state index contributed by atoms with van der Waals surface area (Å²) in [6.45, 7) is 19.5. The van der Waals surface area contributed by atoms with Gasteiger partial charge in [-0.1, -0.05) is 63.1 Å². The van der Waals surface area contributed by atoms with Crippen molar-refractivity contribution >= 4 is 35.9 Å². The molecule has 0 spiro atoms. The molecule has 0 aliphatic rings. The van der Waals surface area contributed by atoms with Crippen LogP contribution in [0.3, 0.4) is 0 Å². The number of aryl methyl sites for hydroxylation is 1. The second-order valence-corrected chi connectivity index (χ2v) is 14.1. The van der Waals surface area contributed by atoms with E-state index in [1.807, 2.05) is 55.5 Å². The Hall–Kier alpha value is -7.01. The fourth-order valence-corrected chi connectivity index (χ4v) is 5.29. The van der Waals surface area contributed by atoms with E-state index >= 15 is 0 Å². The number of carbonyl (C=O) groups excluding carboxylic acids is 5. The lowest BCUT2D eigenvalue weighted by Gasteiger charge is -2.31. The first-order valence-corrected chi connectivity index (χ1v) is 18.8. The van der Waals surface area contributed by atoms with Crippen molar-refractivity contribution in [2.24, 2.45) is 5.41 Å². The molecule has 4 aromatic rings. The number of ether oxygens (including phenoxy) is 6. The zero-order chi connectivity index (χ0) is 43.1. The predicted molar refractivity (Wildman–Crippen MR) is 224 cm³/mol. The van der Waals surface area contributed by atoms with E-state index in [-0.39, 0.29) is 47.0 Å². The molecule has 0 saturated heterocycles. The van der Waals surface area contributed by atoms with Crippen molar-refractivity contribution in [2.45, 2.75) is 47.5 Å². The minimum absolute atomic E-state index is 0.0415. The first-order valence-electron chi connectivity index (χ1n) is 18.8. The summed E-state index contributed by atoms with van der Waals surface area (Å²) in [7, 11) is 0. The maximum Gasteiger partial charge on any atom is 0.343 e. The zero-order valence-corrected chi connectivity index (χ0v) is 34.0. The monoisotopic (exact) mass is 800 g/mol. The van der Waals surface area contributed by atoms with Gasteiger partial charge in [0.1, 0.15) is 36.2 Å². The third kappa shape index (κ3) is 13.6. The summed E-state index contributed by atoms with van der Waals surface area (Å²) < 4.78 is 33.1. The molecule has 11 nitrogen and oxygen atoms in total. The molecule has 0 heterocycles. The summed E-state index contributed by atoms with van der Waals surface area (Å²) in [6, 6.07) is 25.8. The van der Waals surface area contributed by atoms with Crippen LogP contribution in [0.15, 0.2) is 134 Å². The van der Waals surface area contributed by atoms with E-state index in [9.17, 15) is 24.0 Å². The highest BCUT2D eigenvalue weighted by Crippen LogP contribution is 2.30. The minimum atomic E-state index is -0.658. The number of hydrogen-bond donors (Lipinski definition) is 0. The first kappa shape index (κ1) is 44.7. The molecule has 0 bridgehead atoms. The Morgan fingerprint density at radius 2 is 1.15 bits per heavy atom. The molecule has 0 fully saturated rings. The van der Waals surface area contributed by atoms with Gasteiger partial charge in [0.2, 0.25) is 0 Å². The highest BCUT2D eigenvalue weighted by molar-refractivity contribution is 5.92. The Labute approximate surface area is 344 Å². The molecule has 4 aromatic carbocycles. The van der Waals surface area contributed by atoms with Gasteiger partial charge in [0.15, 0.2) is 0 Å². The molecule has 0 unspecified atom stereocenters. The standard InChI is InChI=1S/C48H48O11/c1-9-48(29-55-44(50)31(2)3,30-56-45(51)32(4)5)26-27-54-39-19-15-37(16-20-39)36-13-10-35(11-14-36)12-25-43(49)59-42-24-23-41(28-34(42)8)58-47(53)38-17-21-40(22-18-38)57-46(52)33(6)7/h10-25,28H,2,4,6,9,26-27,29-30H2,1,3,5,7-8H3/b25-12+. The maximum atomic E-state index is 12.7. The van der Waals surface area contributed by atoms with Gasteiger partial charge in [0, 0.05) is 28.2 Å². The van der Waals surface area contributed by atoms with Crippen LogP contribution in [0.5, 0.6) is 23.0 Å². The number of hydrogen-bond acceptors (Lipinski definition) is 11. The lowest BCUT2D eigenvalue weighted by atomic mass is 9.83. The van der Waals surface area contributed by atoms with Crippen LogP contribution in [0.2, 0.25) is 0 Å². The Morgan fingerprint density at radius 1 is 0.627 bits per heavy atom. The lowest BCUT2D eigenvalue weighted by molar-refractivity contribution is -0.150. The van der Waals surface area contributed by atoms with E-state index < -0.39 is 35.3 Å². The number of esters is 5. The fourth-order valence-electron chi connectivity index (χ4n) is 5.29. The van der Waals surface area contributed by atoms with E-state index in [4.69, 9.17) is 28.4 Å². The van der Waals surface area contributed by atoms with Crippen molar-refractivity contribution in [3.8, 4) is 34.1 Å². The Balaban J connectivity index is 1.28. The van der Waals surface area contributed by atoms with Gasteiger partial charge in [0.05, 0.1) is 12.2 Å². The summed E-state index contributed by atoms with van der Waals surface area (Å²) in [5, 5.41) is 0. The van der Waals surface area contributed by atoms with Gasteiger partial charge in [-0.2, -0.15) is 0 Å². The zero-order valence-electron chi connectivity index (χ0n) is 34.0. The summed E-state index contributed by atoms with van der Waals surface area (Å²) in [5.41, 5.74) is 3.69. The Bertz CT molecular complexity index is 2200. The van der Waals surface area contributed by atoms with Gasteiger partial charge < -0.3 is 28.4 Å². The van der Waals surface area contributed by atoms with Crippen molar-refractivity contribution in [3.05, 3.63) is 150 Å². The highest BCUT2D eigenvalue weighted by atomic mass is 16.6. The SMILES string of the molecule is C=C(C)C(=O)OCC(CC)(CCOc1ccc(-c2ccc(/C=C/C(=O)Oc3ccc(OC(=O)c4ccc(OC(=O)C(=C)C)cc4)cc3C)cc2)cc1)COC(=O)C(=C)C. The molecule has 0 N–H and O–H groups in total. The quantitative estimate of drug-likeness (QED) is 0.0509. The summed E-state index contributed by atoms with van der Waals surface area (Å²) in [6.07, 6.45) is 4.00. The van der Waals surface area contributed by atoms with E-state index in [2.05, 4.69) is 19.7 Å². The molecule has 0 saturated carbocycles. The lowest BCUT2D eigenvalue weighted by Crippen LogP contribution is -2.35. The molecule has 11 heteroatoms. The van der Waals surface area contributed by atoms with Crippen molar-refractivity contribution < 1.29 is 52.4 Å². The highest BCUT2D eigenvalue weighted by Gasteiger charge is 2.32. The van der Waals surface area contributed by atoms with Gasteiger partial charge in [-0.05, 0) is 123 Å². The summed E-state index contributed by atoms with van der Waals surface area (Å²) >= 11 is 0. The molecule has 0 radical (unpaired) electrons. The summed E-state index contributed by atoms with van der Waals surface area (Å²) in [5.74, 6) is -1.30. The summed E-state index contributed by atoms with van der Waals surface area (Å²) in [4.78, 5) is 61.3. The van der Waals surface area contributed by atoms with Gasteiger partial charge in [-0.3, -0.25) is 0 Å². The molecule has 4 rings (SSSR count). The van der Waals surface area contributed by atoms with E-state index in [0.29, 0.717) is 36.5 Å². The van der Waals surface area contributed by atoms with Gasteiger partial charge in [-0.15, -0.1) is 0 Å². The fraction of sp³-hybridized carbons (Fsp3) is 0.229. The van der Waals surface area contributed by atoms with Crippen LogP contribution in [0.1, 0.15) is 62.0 Å². The average Bonchev–Trinajstić information content (AvgIpc) is 3.22. The second kappa shape index (κ2) is 20.9. The van der Waals surface area contributed by atoms with E-state index in [1.165, 1.54) is 43.3 Å². The molecule has 0 aliphatic carbocycles.